The summed E-state index contributed by atoms with van der Waals surface area (Å²) >= 11 is 0. The first-order valence-corrected chi connectivity index (χ1v) is 20.5. The average molecular weight is 582 g/mol. The summed E-state index contributed by atoms with van der Waals surface area (Å²) in [4.78, 5) is 14.7. The predicted octanol–water partition coefficient (Wildman–Crippen LogP) is 7.38. The summed E-state index contributed by atoms with van der Waals surface area (Å²) in [5.74, 6) is -0.552. The number of benzene rings is 1. The Kier molecular flexibility index (Phi) is 14.1. The molecule has 0 aliphatic carbocycles. The average Bonchev–Trinajstić information content (AvgIpc) is 2.78. The van der Waals surface area contributed by atoms with E-state index in [4.69, 9.17) is 13.6 Å². The second-order valence-corrected chi connectivity index (χ2v) is 23.8. The maximum Gasteiger partial charge on any atom is 0.335 e. The van der Waals surface area contributed by atoms with Crippen molar-refractivity contribution in [3.8, 4) is 0 Å². The number of unbranched alkanes of at least 4 members (excludes halogenated alkanes) is 1. The van der Waals surface area contributed by atoms with Crippen LogP contribution < -0.4 is 0 Å². The molecule has 0 heterocycles. The largest absolute Gasteiger partial charge is 0.459 e. The molecule has 0 amide bonds. The van der Waals surface area contributed by atoms with E-state index in [2.05, 4.69) is 86.5 Å². The van der Waals surface area contributed by atoms with Crippen LogP contribution in [0.4, 0.5) is 0 Å². The van der Waals surface area contributed by atoms with Crippen molar-refractivity contribution in [3.63, 3.8) is 0 Å². The Morgan fingerprint density at radius 2 is 1.31 bits per heavy atom. The quantitative estimate of drug-likeness (QED) is 0.125. The maximum atomic E-state index is 12.3. The van der Waals surface area contributed by atoms with Crippen LogP contribution >= 0.6 is 0 Å². The van der Waals surface area contributed by atoms with Crippen molar-refractivity contribution < 1.29 is 23.5 Å². The van der Waals surface area contributed by atoms with E-state index in [0.717, 1.165) is 38.0 Å². The molecule has 39 heavy (non-hydrogen) atoms. The third-order valence-corrected chi connectivity index (χ3v) is 17.5. The van der Waals surface area contributed by atoms with Crippen molar-refractivity contribution in [2.24, 2.45) is 0 Å². The highest BCUT2D eigenvalue weighted by molar-refractivity contribution is 6.74. The van der Waals surface area contributed by atoms with E-state index in [-0.39, 0.29) is 28.9 Å². The van der Waals surface area contributed by atoms with E-state index in [1.165, 1.54) is 0 Å². The summed E-state index contributed by atoms with van der Waals surface area (Å²) in [7, 11) is -3.74. The molecule has 0 spiro atoms. The van der Waals surface area contributed by atoms with E-state index in [9.17, 15) is 9.90 Å². The lowest BCUT2D eigenvalue weighted by atomic mass is 10.1. The Bertz CT molecular complexity index is 813. The lowest BCUT2D eigenvalue weighted by molar-refractivity contribution is -0.155. The highest BCUT2D eigenvalue weighted by Crippen LogP contribution is 2.38. The highest BCUT2D eigenvalue weighted by Gasteiger charge is 2.40. The zero-order valence-electron chi connectivity index (χ0n) is 27.1. The molecule has 1 rings (SSSR count). The highest BCUT2D eigenvalue weighted by atomic mass is 28.4. The Morgan fingerprint density at radius 1 is 0.846 bits per heavy atom. The molecule has 1 aromatic rings. The van der Waals surface area contributed by atoms with Crippen LogP contribution in [-0.2, 0) is 25.0 Å². The summed E-state index contributed by atoms with van der Waals surface area (Å²) in [5.41, 5.74) is 0.914. The minimum Gasteiger partial charge on any atom is -0.459 e. The van der Waals surface area contributed by atoms with Crippen molar-refractivity contribution in [2.75, 3.05) is 19.6 Å². The molecule has 226 valence electrons. The summed E-state index contributed by atoms with van der Waals surface area (Å²) in [5, 5.41) is 10.7. The number of ether oxygens (including phenoxy) is 1. The molecule has 0 radical (unpaired) electrons. The zero-order valence-corrected chi connectivity index (χ0v) is 29.1. The smallest absolute Gasteiger partial charge is 0.335 e. The lowest BCUT2D eigenvalue weighted by Gasteiger charge is -2.41. The molecule has 3 atom stereocenters. The predicted molar refractivity (Wildman–Crippen MR) is 168 cm³/mol. The molecular formula is C31H59NO5Si2. The second-order valence-electron chi connectivity index (χ2n) is 14.2. The number of carbonyl (C=O) groups excluding carboxylic acids is 1. The minimum atomic E-state index is -1.87. The number of hydrogen-bond acceptors (Lipinski definition) is 6. The van der Waals surface area contributed by atoms with Gasteiger partial charge in [0.1, 0.15) is 6.61 Å². The number of rotatable bonds is 16. The van der Waals surface area contributed by atoms with E-state index in [0.29, 0.717) is 6.42 Å². The molecule has 1 N–H and O–H groups in total. The maximum absolute atomic E-state index is 12.3. The number of hydrogen-bond donors (Lipinski definition) is 1. The normalized spacial score (nSPS) is 15.7. The van der Waals surface area contributed by atoms with Crippen LogP contribution in [0.5, 0.6) is 0 Å². The van der Waals surface area contributed by atoms with Gasteiger partial charge in [0, 0.05) is 13.1 Å². The molecule has 0 saturated heterocycles. The van der Waals surface area contributed by atoms with E-state index in [1.54, 1.807) is 0 Å². The minimum absolute atomic E-state index is 0.115. The Labute approximate surface area is 242 Å². The first kappa shape index (κ1) is 36.0. The van der Waals surface area contributed by atoms with Crippen LogP contribution in [0.1, 0.15) is 80.2 Å². The van der Waals surface area contributed by atoms with Crippen LogP contribution in [-0.4, -0.2) is 70.6 Å². The Balaban J connectivity index is 2.70. The van der Waals surface area contributed by atoms with E-state index < -0.39 is 28.7 Å². The number of aliphatic hydroxyl groups excluding tert-OH is 1. The van der Waals surface area contributed by atoms with Gasteiger partial charge in [-0.25, -0.2) is 4.79 Å². The van der Waals surface area contributed by atoms with Crippen LogP contribution in [0.2, 0.25) is 36.3 Å². The van der Waals surface area contributed by atoms with Gasteiger partial charge in [-0.1, -0.05) is 71.9 Å². The van der Waals surface area contributed by atoms with Gasteiger partial charge in [-0.15, -0.1) is 0 Å². The topological polar surface area (TPSA) is 68.2 Å². The van der Waals surface area contributed by atoms with Gasteiger partial charge in [0.15, 0.2) is 22.7 Å². The fraction of sp³-hybridized carbons (Fsp3) is 0.774. The molecule has 0 bridgehead atoms. The van der Waals surface area contributed by atoms with Gasteiger partial charge in [-0.05, 0) is 81.5 Å². The van der Waals surface area contributed by atoms with Gasteiger partial charge in [0.25, 0.3) is 0 Å². The number of carbonyl (C=O) groups is 1. The first-order chi connectivity index (χ1) is 17.7. The third-order valence-electron chi connectivity index (χ3n) is 8.33. The molecule has 0 aliphatic heterocycles. The number of esters is 1. The second kappa shape index (κ2) is 15.3. The van der Waals surface area contributed by atoms with Gasteiger partial charge in [0.2, 0.25) is 0 Å². The van der Waals surface area contributed by atoms with Crippen LogP contribution in [0, 0.1) is 0 Å². The molecule has 1 aromatic carbocycles. The molecule has 8 heteroatoms. The molecule has 0 aliphatic rings. The Hall–Kier alpha value is -1.04. The summed E-state index contributed by atoms with van der Waals surface area (Å²) < 4.78 is 18.6. The van der Waals surface area contributed by atoms with Crippen molar-refractivity contribution in [2.45, 2.75) is 136 Å². The fourth-order valence-corrected chi connectivity index (χ4v) is 6.90. The van der Waals surface area contributed by atoms with Crippen LogP contribution in [0.25, 0.3) is 0 Å². The van der Waals surface area contributed by atoms with Gasteiger partial charge in [0.05, 0.1) is 12.2 Å². The standard InChI is InChI=1S/C31H59NO5Si2/c1-25(36-38(9,10)30(3,4)5)22-32(23-26(2)37-39(11,12)31(6,7)8)21-17-16-20-28(33)29(34)35-24-27-18-14-13-15-19-27/h13-15,18-19,25-26,28,33H,16-17,20-24H2,1-12H3. The molecule has 0 aromatic heterocycles. The number of nitrogens with zero attached hydrogens (tertiary/aromatic N) is 1. The van der Waals surface area contributed by atoms with Crippen molar-refractivity contribution in [1.29, 1.82) is 0 Å². The molecular weight excluding hydrogens is 523 g/mol. The van der Waals surface area contributed by atoms with Gasteiger partial charge in [-0.3, -0.25) is 4.90 Å². The van der Waals surface area contributed by atoms with Crippen molar-refractivity contribution >= 4 is 22.6 Å². The van der Waals surface area contributed by atoms with Gasteiger partial charge in [-0.2, -0.15) is 0 Å². The third kappa shape index (κ3) is 13.0. The van der Waals surface area contributed by atoms with Crippen LogP contribution in [0.15, 0.2) is 30.3 Å². The van der Waals surface area contributed by atoms with Crippen molar-refractivity contribution in [3.05, 3.63) is 35.9 Å². The summed E-state index contributed by atoms with van der Waals surface area (Å²) in [6, 6.07) is 9.53. The molecule has 0 fully saturated rings. The fourth-order valence-electron chi connectivity index (χ4n) is 4.03. The monoisotopic (exact) mass is 581 g/mol. The Morgan fingerprint density at radius 3 is 1.74 bits per heavy atom. The first-order valence-electron chi connectivity index (χ1n) is 14.7. The number of aliphatic hydroxyl groups is 1. The summed E-state index contributed by atoms with van der Waals surface area (Å²) in [6.07, 6.45) is 1.15. The van der Waals surface area contributed by atoms with Gasteiger partial charge < -0.3 is 18.7 Å². The van der Waals surface area contributed by atoms with Gasteiger partial charge >= 0.3 is 5.97 Å². The lowest BCUT2D eigenvalue weighted by Crippen LogP contribution is -2.49. The SMILES string of the molecule is CC(CN(CCCCC(O)C(=O)OCc1ccccc1)CC(C)O[Si](C)(C)C(C)(C)C)O[Si](C)(C)C(C)(C)C. The van der Waals surface area contributed by atoms with E-state index >= 15 is 0 Å². The zero-order chi connectivity index (χ0) is 30.1. The summed E-state index contributed by atoms with van der Waals surface area (Å²) in [6.45, 7) is 29.9. The molecule has 3 unspecified atom stereocenters. The van der Waals surface area contributed by atoms with Crippen molar-refractivity contribution in [1.82, 2.24) is 4.90 Å². The molecule has 0 saturated carbocycles. The van der Waals surface area contributed by atoms with Crippen LogP contribution in [0.3, 0.4) is 0 Å². The molecule has 6 nitrogen and oxygen atoms in total. The van der Waals surface area contributed by atoms with E-state index in [1.807, 2.05) is 30.3 Å².